The zero-order valence-electron chi connectivity index (χ0n) is 14.0. The van der Waals surface area contributed by atoms with E-state index in [2.05, 4.69) is 15.2 Å². The highest BCUT2D eigenvalue weighted by Gasteiger charge is 2.38. The third kappa shape index (κ3) is 3.90. The third-order valence-electron chi connectivity index (χ3n) is 5.17. The van der Waals surface area contributed by atoms with Gasteiger partial charge in [-0.25, -0.2) is 4.98 Å². The van der Waals surface area contributed by atoms with Crippen LogP contribution in [0.2, 0.25) is 0 Å². The molecule has 2 aliphatic rings. The van der Waals surface area contributed by atoms with E-state index in [1.165, 1.54) is 19.3 Å². The summed E-state index contributed by atoms with van der Waals surface area (Å²) in [6.45, 7) is 6.16. The number of aromatic nitrogens is 1. The molecule has 1 saturated carbocycles. The molecule has 1 saturated heterocycles. The summed E-state index contributed by atoms with van der Waals surface area (Å²) in [4.78, 5) is 19.3. The number of morpholine rings is 1. The lowest BCUT2D eigenvalue weighted by Gasteiger charge is -2.48. The molecule has 0 spiro atoms. The van der Waals surface area contributed by atoms with Crippen molar-refractivity contribution >= 4 is 5.91 Å². The summed E-state index contributed by atoms with van der Waals surface area (Å²) in [6, 6.07) is 5.58. The highest BCUT2D eigenvalue weighted by molar-refractivity contribution is 5.92. The van der Waals surface area contributed by atoms with Gasteiger partial charge < -0.3 is 10.1 Å². The van der Waals surface area contributed by atoms with E-state index >= 15 is 0 Å². The number of rotatable bonds is 4. The minimum absolute atomic E-state index is 0.0630. The van der Waals surface area contributed by atoms with Crippen LogP contribution >= 0.6 is 0 Å². The number of hydrogen-bond acceptors (Lipinski definition) is 4. The number of carbonyl (C=O) groups excluding carboxylic acids is 1. The van der Waals surface area contributed by atoms with Crippen LogP contribution in [0, 0.1) is 6.92 Å². The van der Waals surface area contributed by atoms with Crippen LogP contribution in [0.4, 0.5) is 0 Å². The van der Waals surface area contributed by atoms with Gasteiger partial charge in [0.25, 0.3) is 5.91 Å². The molecule has 5 nitrogen and oxygen atoms in total. The average molecular weight is 317 g/mol. The Balaban J connectivity index is 1.67. The summed E-state index contributed by atoms with van der Waals surface area (Å²) in [6.07, 6.45) is 6.12. The van der Waals surface area contributed by atoms with Crippen molar-refractivity contribution in [1.82, 2.24) is 15.2 Å². The summed E-state index contributed by atoms with van der Waals surface area (Å²) in [7, 11) is 0. The maximum Gasteiger partial charge on any atom is 0.269 e. The highest BCUT2D eigenvalue weighted by Crippen LogP contribution is 2.33. The number of nitrogens with zero attached hydrogens (tertiary/aromatic N) is 2. The van der Waals surface area contributed by atoms with Gasteiger partial charge >= 0.3 is 0 Å². The molecule has 0 radical (unpaired) electrons. The highest BCUT2D eigenvalue weighted by atomic mass is 16.5. The molecular weight excluding hydrogens is 290 g/mol. The van der Waals surface area contributed by atoms with Gasteiger partial charge in [0, 0.05) is 30.9 Å². The van der Waals surface area contributed by atoms with Crippen LogP contribution in [0.25, 0.3) is 0 Å². The monoisotopic (exact) mass is 317 g/mol. The fourth-order valence-corrected chi connectivity index (χ4v) is 3.86. The van der Waals surface area contributed by atoms with Crippen molar-refractivity contribution in [2.75, 3.05) is 32.8 Å². The van der Waals surface area contributed by atoms with Crippen molar-refractivity contribution in [3.05, 3.63) is 29.6 Å². The first-order valence-electron chi connectivity index (χ1n) is 8.74. The van der Waals surface area contributed by atoms with E-state index in [0.717, 1.165) is 44.8 Å². The van der Waals surface area contributed by atoms with Gasteiger partial charge in [0.2, 0.25) is 0 Å². The number of amides is 1. The van der Waals surface area contributed by atoms with Crippen LogP contribution in [0.5, 0.6) is 0 Å². The van der Waals surface area contributed by atoms with Gasteiger partial charge in [0.05, 0.1) is 13.2 Å². The van der Waals surface area contributed by atoms with E-state index in [9.17, 15) is 4.79 Å². The maximum absolute atomic E-state index is 12.4. The van der Waals surface area contributed by atoms with E-state index in [1.807, 2.05) is 19.1 Å². The Bertz CT molecular complexity index is 535. The van der Waals surface area contributed by atoms with Crippen molar-refractivity contribution in [2.24, 2.45) is 0 Å². The number of hydrogen-bond donors (Lipinski definition) is 1. The lowest BCUT2D eigenvalue weighted by Crippen LogP contribution is -2.59. The second-order valence-corrected chi connectivity index (χ2v) is 6.73. The first kappa shape index (κ1) is 16.4. The molecule has 1 amide bonds. The quantitative estimate of drug-likeness (QED) is 0.924. The van der Waals surface area contributed by atoms with Gasteiger partial charge in [-0.3, -0.25) is 9.69 Å². The Morgan fingerprint density at radius 3 is 2.70 bits per heavy atom. The standard InChI is InChI=1S/C18H27N3O2/c1-15-6-5-7-16(20-15)17(22)19-14-18(8-3-2-4-9-18)21-10-12-23-13-11-21/h5-7H,2-4,8-14H2,1H3,(H,19,22). The van der Waals surface area contributed by atoms with Crippen molar-refractivity contribution in [1.29, 1.82) is 0 Å². The molecule has 1 aliphatic heterocycles. The summed E-state index contributed by atoms with van der Waals surface area (Å²) in [5.41, 5.74) is 1.48. The van der Waals surface area contributed by atoms with Crippen LogP contribution in [0.1, 0.15) is 48.3 Å². The Hall–Kier alpha value is -1.46. The predicted octanol–water partition coefficient (Wildman–Crippen LogP) is 2.15. The second kappa shape index (κ2) is 7.41. The third-order valence-corrected chi connectivity index (χ3v) is 5.17. The van der Waals surface area contributed by atoms with Crippen molar-refractivity contribution in [3.8, 4) is 0 Å². The molecule has 1 aliphatic carbocycles. The molecular formula is C18H27N3O2. The van der Waals surface area contributed by atoms with Gasteiger partial charge in [0.15, 0.2) is 0 Å². The lowest BCUT2D eigenvalue weighted by molar-refractivity contribution is -0.0361. The van der Waals surface area contributed by atoms with Crippen LogP contribution in [-0.2, 0) is 4.74 Å². The van der Waals surface area contributed by atoms with Crippen molar-refractivity contribution in [3.63, 3.8) is 0 Å². The molecule has 126 valence electrons. The fraction of sp³-hybridized carbons (Fsp3) is 0.667. The molecule has 1 aromatic rings. The molecule has 0 aromatic carbocycles. The first-order chi connectivity index (χ1) is 11.2. The average Bonchev–Trinajstić information content (AvgIpc) is 2.61. The lowest BCUT2D eigenvalue weighted by atomic mass is 9.79. The van der Waals surface area contributed by atoms with Gasteiger partial charge in [-0.2, -0.15) is 0 Å². The Labute approximate surface area is 138 Å². The smallest absolute Gasteiger partial charge is 0.269 e. The van der Waals surface area contributed by atoms with Crippen LogP contribution in [-0.4, -0.2) is 54.2 Å². The van der Waals surface area contributed by atoms with Gasteiger partial charge in [0.1, 0.15) is 5.69 Å². The largest absolute Gasteiger partial charge is 0.379 e. The predicted molar refractivity (Wildman–Crippen MR) is 89.5 cm³/mol. The molecule has 0 unspecified atom stereocenters. The molecule has 0 atom stereocenters. The normalized spacial score (nSPS) is 21.8. The van der Waals surface area contributed by atoms with Crippen LogP contribution in [0.3, 0.4) is 0 Å². The Morgan fingerprint density at radius 1 is 1.26 bits per heavy atom. The zero-order chi connectivity index (χ0) is 16.1. The van der Waals surface area contributed by atoms with E-state index in [1.54, 1.807) is 6.07 Å². The number of pyridine rings is 1. The second-order valence-electron chi connectivity index (χ2n) is 6.73. The molecule has 23 heavy (non-hydrogen) atoms. The summed E-state index contributed by atoms with van der Waals surface area (Å²) < 4.78 is 5.50. The first-order valence-corrected chi connectivity index (χ1v) is 8.74. The number of carbonyl (C=O) groups is 1. The summed E-state index contributed by atoms with van der Waals surface area (Å²) in [5, 5.41) is 3.15. The molecule has 3 rings (SSSR count). The summed E-state index contributed by atoms with van der Waals surface area (Å²) in [5.74, 6) is -0.0630. The molecule has 5 heteroatoms. The Kier molecular flexibility index (Phi) is 5.28. The van der Waals surface area contributed by atoms with E-state index in [0.29, 0.717) is 12.2 Å². The molecule has 2 heterocycles. The van der Waals surface area contributed by atoms with Gasteiger partial charge in [-0.05, 0) is 31.9 Å². The molecule has 2 fully saturated rings. The number of aryl methyl sites for hydroxylation is 1. The van der Waals surface area contributed by atoms with Gasteiger partial charge in [-0.15, -0.1) is 0 Å². The molecule has 1 aromatic heterocycles. The zero-order valence-corrected chi connectivity index (χ0v) is 14.0. The van der Waals surface area contributed by atoms with E-state index in [4.69, 9.17) is 4.74 Å². The Morgan fingerprint density at radius 2 is 2.00 bits per heavy atom. The topological polar surface area (TPSA) is 54.5 Å². The van der Waals surface area contributed by atoms with Crippen molar-refractivity contribution in [2.45, 2.75) is 44.6 Å². The van der Waals surface area contributed by atoms with Gasteiger partial charge in [-0.1, -0.05) is 25.3 Å². The minimum atomic E-state index is -0.0630. The minimum Gasteiger partial charge on any atom is -0.379 e. The molecule has 1 N–H and O–H groups in total. The van der Waals surface area contributed by atoms with Crippen LogP contribution in [0.15, 0.2) is 18.2 Å². The van der Waals surface area contributed by atoms with Crippen LogP contribution < -0.4 is 5.32 Å². The number of ether oxygens (including phenoxy) is 1. The fourth-order valence-electron chi connectivity index (χ4n) is 3.86. The van der Waals surface area contributed by atoms with E-state index in [-0.39, 0.29) is 11.4 Å². The summed E-state index contributed by atoms with van der Waals surface area (Å²) >= 11 is 0. The SMILES string of the molecule is Cc1cccc(C(=O)NCC2(N3CCOCC3)CCCCC2)n1. The maximum atomic E-state index is 12.4. The number of nitrogens with one attached hydrogen (secondary N) is 1. The molecule has 0 bridgehead atoms. The van der Waals surface area contributed by atoms with Crippen molar-refractivity contribution < 1.29 is 9.53 Å². The van der Waals surface area contributed by atoms with E-state index < -0.39 is 0 Å².